The average molecular weight is 510 g/mol. The summed E-state index contributed by atoms with van der Waals surface area (Å²) in [5.74, 6) is 0.950. The topological polar surface area (TPSA) is 79.4 Å². The van der Waals surface area contributed by atoms with Crippen molar-refractivity contribution < 1.29 is 22.7 Å². The number of para-hydroxylation sites is 2. The van der Waals surface area contributed by atoms with Crippen molar-refractivity contribution in [2.45, 2.75) is 11.8 Å². The van der Waals surface area contributed by atoms with Crippen LogP contribution < -0.4 is 18.7 Å². The second-order valence-corrected chi connectivity index (χ2v) is 10.2. The number of ether oxygens (including phenoxy) is 2. The minimum atomic E-state index is -4.01. The van der Waals surface area contributed by atoms with E-state index >= 15 is 0 Å². The average Bonchev–Trinajstić information content (AvgIpc) is 2.93. The van der Waals surface area contributed by atoms with Gasteiger partial charge in [-0.3, -0.25) is 9.10 Å². The molecule has 4 rings (SSSR count). The van der Waals surface area contributed by atoms with Crippen LogP contribution in [0.5, 0.6) is 11.5 Å². The lowest BCUT2D eigenvalue weighted by Gasteiger charge is -2.37. The molecule has 1 saturated heterocycles. The molecule has 1 amide bonds. The van der Waals surface area contributed by atoms with Crippen molar-refractivity contribution in [1.82, 2.24) is 4.90 Å². The Labute approximate surface area is 212 Å². The van der Waals surface area contributed by atoms with Crippen LogP contribution in [0.3, 0.4) is 0 Å². The molecule has 8 nitrogen and oxygen atoms in total. The second-order valence-electron chi connectivity index (χ2n) is 8.29. The summed E-state index contributed by atoms with van der Waals surface area (Å²) < 4.78 is 39.5. The lowest BCUT2D eigenvalue weighted by atomic mass is 10.2. The molecule has 0 aliphatic carbocycles. The van der Waals surface area contributed by atoms with Gasteiger partial charge in [0.1, 0.15) is 18.0 Å². The van der Waals surface area contributed by atoms with Gasteiger partial charge in [0.25, 0.3) is 10.0 Å². The summed E-state index contributed by atoms with van der Waals surface area (Å²) in [6.45, 7) is 4.19. The van der Waals surface area contributed by atoms with Crippen molar-refractivity contribution in [1.29, 1.82) is 0 Å². The Morgan fingerprint density at radius 1 is 0.889 bits per heavy atom. The van der Waals surface area contributed by atoms with Crippen LogP contribution in [0.4, 0.5) is 11.4 Å². The van der Waals surface area contributed by atoms with E-state index < -0.39 is 10.0 Å². The first-order valence-corrected chi connectivity index (χ1v) is 13.3. The van der Waals surface area contributed by atoms with Crippen molar-refractivity contribution in [3.8, 4) is 11.5 Å². The van der Waals surface area contributed by atoms with Crippen molar-refractivity contribution in [3.63, 3.8) is 0 Å². The number of hydrogen-bond donors (Lipinski definition) is 0. The van der Waals surface area contributed by atoms with Gasteiger partial charge in [0.15, 0.2) is 0 Å². The maximum absolute atomic E-state index is 13.7. The third-order valence-electron chi connectivity index (χ3n) is 6.11. The predicted octanol–water partition coefficient (Wildman–Crippen LogP) is 3.64. The van der Waals surface area contributed by atoms with Gasteiger partial charge in [0.05, 0.1) is 24.3 Å². The largest absolute Gasteiger partial charge is 0.497 e. The molecule has 1 fully saturated rings. The van der Waals surface area contributed by atoms with Gasteiger partial charge < -0.3 is 19.3 Å². The summed E-state index contributed by atoms with van der Waals surface area (Å²) in [6, 6.07) is 22.9. The molecule has 0 unspecified atom stereocenters. The molecule has 3 aromatic carbocycles. The summed E-state index contributed by atoms with van der Waals surface area (Å²) in [7, 11) is -2.37. The molecular formula is C27H31N3O5S. The van der Waals surface area contributed by atoms with Crippen LogP contribution in [0.15, 0.2) is 83.8 Å². The fourth-order valence-electron chi connectivity index (χ4n) is 4.19. The molecular weight excluding hydrogens is 478 g/mol. The number of hydrogen-bond acceptors (Lipinski definition) is 6. The summed E-state index contributed by atoms with van der Waals surface area (Å²) in [5, 5.41) is 0. The van der Waals surface area contributed by atoms with Gasteiger partial charge >= 0.3 is 0 Å². The number of rotatable bonds is 9. The van der Waals surface area contributed by atoms with Gasteiger partial charge in [-0.2, -0.15) is 0 Å². The van der Waals surface area contributed by atoms with Crippen LogP contribution >= 0.6 is 0 Å². The highest BCUT2D eigenvalue weighted by atomic mass is 32.2. The number of sulfonamides is 1. The molecule has 0 aromatic heterocycles. The standard InChI is InChI=1S/C27H31N3O5S/c1-3-35-26-12-8-7-11-25(26)30(36(32,33)24-9-5-4-6-10-24)21-27(31)29-19-17-28(18-20-29)22-13-15-23(34-2)16-14-22/h4-16H,3,17-21H2,1-2H3. The van der Waals surface area contributed by atoms with E-state index in [-0.39, 0.29) is 17.3 Å². The highest BCUT2D eigenvalue weighted by Crippen LogP contribution is 2.32. The monoisotopic (exact) mass is 509 g/mol. The van der Waals surface area contributed by atoms with E-state index in [1.807, 2.05) is 31.2 Å². The Morgan fingerprint density at radius 3 is 2.17 bits per heavy atom. The number of benzene rings is 3. The zero-order valence-electron chi connectivity index (χ0n) is 20.5. The third kappa shape index (κ3) is 5.57. The first kappa shape index (κ1) is 25.4. The van der Waals surface area contributed by atoms with Gasteiger partial charge in [-0.1, -0.05) is 30.3 Å². The fourth-order valence-corrected chi connectivity index (χ4v) is 5.64. The van der Waals surface area contributed by atoms with Crippen LogP contribution in [-0.4, -0.2) is 65.7 Å². The van der Waals surface area contributed by atoms with E-state index in [9.17, 15) is 13.2 Å². The summed E-state index contributed by atoms with van der Waals surface area (Å²) in [6.07, 6.45) is 0. The zero-order valence-corrected chi connectivity index (χ0v) is 21.4. The molecule has 1 heterocycles. The molecule has 36 heavy (non-hydrogen) atoms. The quantitative estimate of drug-likeness (QED) is 0.438. The van der Waals surface area contributed by atoms with Crippen LogP contribution in [0, 0.1) is 0 Å². The number of amides is 1. The second kappa shape index (κ2) is 11.3. The van der Waals surface area contributed by atoms with E-state index in [1.165, 1.54) is 12.1 Å². The maximum Gasteiger partial charge on any atom is 0.264 e. The molecule has 9 heteroatoms. The lowest BCUT2D eigenvalue weighted by Crippen LogP contribution is -2.52. The zero-order chi connectivity index (χ0) is 25.5. The number of piperazine rings is 1. The molecule has 190 valence electrons. The number of nitrogens with zero attached hydrogens (tertiary/aromatic N) is 3. The summed E-state index contributed by atoms with van der Waals surface area (Å²) >= 11 is 0. The van der Waals surface area contributed by atoms with E-state index in [0.29, 0.717) is 44.2 Å². The molecule has 3 aromatic rings. The molecule has 0 atom stereocenters. The van der Waals surface area contributed by atoms with Crippen LogP contribution in [-0.2, 0) is 14.8 Å². The predicted molar refractivity (Wildman–Crippen MR) is 140 cm³/mol. The highest BCUT2D eigenvalue weighted by Gasteiger charge is 2.31. The molecule has 1 aliphatic rings. The van der Waals surface area contributed by atoms with Crippen molar-refractivity contribution >= 4 is 27.3 Å². The third-order valence-corrected chi connectivity index (χ3v) is 7.89. The van der Waals surface area contributed by atoms with E-state index in [1.54, 1.807) is 54.5 Å². The van der Waals surface area contributed by atoms with E-state index in [0.717, 1.165) is 15.7 Å². The Morgan fingerprint density at radius 2 is 1.53 bits per heavy atom. The molecule has 1 aliphatic heterocycles. The van der Waals surface area contributed by atoms with Crippen LogP contribution in [0.2, 0.25) is 0 Å². The molecule has 0 spiro atoms. The fraction of sp³-hybridized carbons (Fsp3) is 0.296. The summed E-state index contributed by atoms with van der Waals surface area (Å²) in [5.41, 5.74) is 1.40. The molecule has 0 N–H and O–H groups in total. The number of carbonyl (C=O) groups excluding carboxylic acids is 1. The minimum Gasteiger partial charge on any atom is -0.497 e. The Bertz CT molecular complexity index is 1260. The Balaban J connectivity index is 1.54. The van der Waals surface area contributed by atoms with Gasteiger partial charge in [-0.05, 0) is 55.5 Å². The SMILES string of the molecule is CCOc1ccccc1N(CC(=O)N1CCN(c2ccc(OC)cc2)CC1)S(=O)(=O)c1ccccc1. The van der Waals surface area contributed by atoms with Gasteiger partial charge in [-0.25, -0.2) is 8.42 Å². The Kier molecular flexibility index (Phi) is 8.00. The molecule has 0 radical (unpaired) electrons. The highest BCUT2D eigenvalue weighted by molar-refractivity contribution is 7.92. The molecule has 0 saturated carbocycles. The maximum atomic E-state index is 13.7. The number of methoxy groups -OCH3 is 1. The van der Waals surface area contributed by atoms with Crippen molar-refractivity contribution in [2.75, 3.05) is 55.6 Å². The number of carbonyl (C=O) groups is 1. The first-order chi connectivity index (χ1) is 17.4. The van der Waals surface area contributed by atoms with Crippen LogP contribution in [0.1, 0.15) is 6.92 Å². The van der Waals surface area contributed by atoms with E-state index in [2.05, 4.69) is 4.90 Å². The van der Waals surface area contributed by atoms with E-state index in [4.69, 9.17) is 9.47 Å². The van der Waals surface area contributed by atoms with Crippen molar-refractivity contribution in [2.24, 2.45) is 0 Å². The van der Waals surface area contributed by atoms with Crippen LogP contribution in [0.25, 0.3) is 0 Å². The summed E-state index contributed by atoms with van der Waals surface area (Å²) in [4.78, 5) is 17.4. The molecule has 0 bridgehead atoms. The Hall–Kier alpha value is -3.72. The van der Waals surface area contributed by atoms with Gasteiger partial charge in [-0.15, -0.1) is 0 Å². The minimum absolute atomic E-state index is 0.119. The smallest absolute Gasteiger partial charge is 0.264 e. The first-order valence-electron chi connectivity index (χ1n) is 11.9. The normalized spacial score (nSPS) is 13.8. The number of anilines is 2. The van der Waals surface area contributed by atoms with Gasteiger partial charge in [0.2, 0.25) is 5.91 Å². The lowest BCUT2D eigenvalue weighted by molar-refractivity contribution is -0.129. The van der Waals surface area contributed by atoms with Crippen molar-refractivity contribution in [3.05, 3.63) is 78.9 Å². The van der Waals surface area contributed by atoms with Gasteiger partial charge in [0, 0.05) is 31.9 Å².